The van der Waals surface area contributed by atoms with Gasteiger partial charge in [0.05, 0.1) is 0 Å². The van der Waals surface area contributed by atoms with Gasteiger partial charge in [-0.2, -0.15) is 4.98 Å². The molecule has 2 saturated carbocycles. The molecule has 1 spiro atoms. The molecule has 1 aliphatic heterocycles. The highest BCUT2D eigenvalue weighted by atomic mass is 16.4. The molecule has 28 heavy (non-hydrogen) atoms. The van der Waals surface area contributed by atoms with Crippen LogP contribution in [0.5, 0.6) is 0 Å². The van der Waals surface area contributed by atoms with E-state index in [0.717, 1.165) is 24.6 Å². The summed E-state index contributed by atoms with van der Waals surface area (Å²) < 4.78 is 1.91. The van der Waals surface area contributed by atoms with Crippen LogP contribution in [0.15, 0.2) is 23.1 Å². The van der Waals surface area contributed by atoms with E-state index in [1.54, 1.807) is 18.3 Å². The fourth-order valence-electron chi connectivity index (χ4n) is 5.07. The monoisotopic (exact) mass is 383 g/mol. The summed E-state index contributed by atoms with van der Waals surface area (Å²) in [5, 5.41) is 13.3. The van der Waals surface area contributed by atoms with Crippen molar-refractivity contribution in [3.63, 3.8) is 0 Å². The zero-order valence-electron chi connectivity index (χ0n) is 15.8. The van der Waals surface area contributed by atoms with E-state index in [4.69, 9.17) is 10.1 Å². The van der Waals surface area contributed by atoms with Gasteiger partial charge in [0.25, 0.3) is 5.56 Å². The maximum Gasteiger partial charge on any atom is 0.407 e. The molecule has 0 aromatic carbocycles. The van der Waals surface area contributed by atoms with Gasteiger partial charge >= 0.3 is 6.09 Å². The van der Waals surface area contributed by atoms with Gasteiger partial charge in [-0.25, -0.2) is 9.78 Å². The molecule has 5 rings (SSSR count). The van der Waals surface area contributed by atoms with Crippen molar-refractivity contribution in [1.82, 2.24) is 19.4 Å². The van der Waals surface area contributed by atoms with Crippen LogP contribution >= 0.6 is 0 Å². The van der Waals surface area contributed by atoms with Crippen molar-refractivity contribution in [1.29, 1.82) is 0 Å². The summed E-state index contributed by atoms with van der Waals surface area (Å²) in [4.78, 5) is 34.4. The molecule has 3 heterocycles. The minimum Gasteiger partial charge on any atom is -0.465 e. The Morgan fingerprint density at radius 2 is 1.96 bits per heavy atom. The molecule has 0 radical (unpaired) electrons. The number of hydrogen-bond acceptors (Lipinski definition) is 5. The number of anilines is 1. The van der Waals surface area contributed by atoms with Crippen molar-refractivity contribution >= 4 is 23.1 Å². The van der Waals surface area contributed by atoms with Gasteiger partial charge in [0.15, 0.2) is 0 Å². The Balaban J connectivity index is 1.43. The number of hydrogen-bond donors (Lipinski definition) is 2. The molecule has 148 valence electrons. The van der Waals surface area contributed by atoms with Gasteiger partial charge in [-0.3, -0.25) is 9.36 Å². The number of aromatic nitrogens is 3. The van der Waals surface area contributed by atoms with E-state index in [1.165, 1.54) is 30.6 Å². The topological polar surface area (TPSA) is 100 Å². The third-order valence-corrected chi connectivity index (χ3v) is 6.83. The van der Waals surface area contributed by atoms with E-state index in [-0.39, 0.29) is 17.6 Å². The van der Waals surface area contributed by atoms with Gasteiger partial charge in [0.2, 0.25) is 5.95 Å². The van der Waals surface area contributed by atoms with Crippen molar-refractivity contribution in [3.8, 4) is 0 Å². The van der Waals surface area contributed by atoms with Crippen molar-refractivity contribution < 1.29 is 9.90 Å². The number of amides is 1. The van der Waals surface area contributed by atoms with E-state index in [2.05, 4.69) is 10.3 Å². The average molecular weight is 383 g/mol. The molecule has 2 aromatic rings. The first-order chi connectivity index (χ1) is 13.6. The first kappa shape index (κ1) is 17.5. The van der Waals surface area contributed by atoms with E-state index in [9.17, 15) is 9.59 Å². The lowest BCUT2D eigenvalue weighted by molar-refractivity contribution is 0.133. The van der Waals surface area contributed by atoms with Crippen LogP contribution in [-0.4, -0.2) is 49.8 Å². The number of carbonyl (C=O) groups is 1. The van der Waals surface area contributed by atoms with Crippen LogP contribution in [0.1, 0.15) is 51.0 Å². The van der Waals surface area contributed by atoms with Crippen LogP contribution in [0.3, 0.4) is 0 Å². The summed E-state index contributed by atoms with van der Waals surface area (Å²) in [6.07, 6.45) is 8.20. The number of rotatable bonds is 3. The van der Waals surface area contributed by atoms with Crippen LogP contribution in [0, 0.1) is 5.41 Å². The molecule has 2 aromatic heterocycles. The molecular weight excluding hydrogens is 358 g/mol. The summed E-state index contributed by atoms with van der Waals surface area (Å²) in [6.45, 7) is 1.02. The van der Waals surface area contributed by atoms with Crippen molar-refractivity contribution in [2.45, 2.75) is 57.0 Å². The second-order valence-corrected chi connectivity index (χ2v) is 8.47. The van der Waals surface area contributed by atoms with Crippen LogP contribution in [0.25, 0.3) is 11.0 Å². The highest BCUT2D eigenvalue weighted by Crippen LogP contribution is 2.63. The Bertz CT molecular complexity index is 975. The summed E-state index contributed by atoms with van der Waals surface area (Å²) >= 11 is 0. The maximum absolute atomic E-state index is 12.8. The van der Waals surface area contributed by atoms with Crippen LogP contribution in [0.2, 0.25) is 0 Å². The summed E-state index contributed by atoms with van der Waals surface area (Å²) in [5.41, 5.74) is 1.04. The Morgan fingerprint density at radius 3 is 2.68 bits per heavy atom. The lowest BCUT2D eigenvalue weighted by Gasteiger charge is -2.30. The smallest absolute Gasteiger partial charge is 0.407 e. The predicted octanol–water partition coefficient (Wildman–Crippen LogP) is 2.85. The zero-order valence-corrected chi connectivity index (χ0v) is 15.8. The third kappa shape index (κ3) is 2.91. The van der Waals surface area contributed by atoms with Crippen LogP contribution < -0.4 is 10.9 Å². The fourth-order valence-corrected chi connectivity index (χ4v) is 5.07. The van der Waals surface area contributed by atoms with Crippen LogP contribution in [-0.2, 0) is 0 Å². The molecule has 3 aliphatic rings. The normalized spacial score (nSPS) is 24.0. The van der Waals surface area contributed by atoms with Gasteiger partial charge in [0.1, 0.15) is 5.65 Å². The number of likely N-dealkylation sites (tertiary alicyclic amines) is 1. The molecule has 1 saturated heterocycles. The lowest BCUT2D eigenvalue weighted by atomic mass is 10.00. The van der Waals surface area contributed by atoms with Gasteiger partial charge in [-0.05, 0) is 50.0 Å². The van der Waals surface area contributed by atoms with E-state index in [0.29, 0.717) is 30.1 Å². The van der Waals surface area contributed by atoms with Crippen molar-refractivity contribution in [2.75, 3.05) is 18.4 Å². The molecular formula is C20H25N5O3. The number of nitrogens with one attached hydrogen (secondary N) is 1. The maximum atomic E-state index is 12.8. The molecule has 8 nitrogen and oxygen atoms in total. The van der Waals surface area contributed by atoms with Gasteiger partial charge in [-0.1, -0.05) is 6.42 Å². The molecule has 8 heteroatoms. The summed E-state index contributed by atoms with van der Waals surface area (Å²) in [6, 6.07) is 3.82. The highest BCUT2D eigenvalue weighted by Gasteiger charge is 2.53. The third-order valence-electron chi connectivity index (χ3n) is 6.83. The number of carboxylic acid groups (broad SMARTS) is 1. The van der Waals surface area contributed by atoms with E-state index in [1.807, 2.05) is 4.57 Å². The Labute approximate surface area is 162 Å². The zero-order chi connectivity index (χ0) is 19.3. The largest absolute Gasteiger partial charge is 0.465 e. The quantitative estimate of drug-likeness (QED) is 0.845. The molecule has 1 atom stereocenters. The van der Waals surface area contributed by atoms with Crippen LogP contribution in [0.4, 0.5) is 10.7 Å². The first-order valence-corrected chi connectivity index (χ1v) is 10.2. The second-order valence-electron chi connectivity index (χ2n) is 8.47. The van der Waals surface area contributed by atoms with Gasteiger partial charge in [0, 0.05) is 42.8 Å². The molecule has 2 aliphatic carbocycles. The predicted molar refractivity (Wildman–Crippen MR) is 105 cm³/mol. The standard InChI is InChI=1S/C20H25N5O3/c26-16-4-3-13-12-21-18(22-14-5-10-24(11-6-14)19(27)28)23-17(13)25(16)15-2-1-7-20(15)8-9-20/h3-4,12,14-15H,1-2,5-11H2,(H,27,28)(H,21,22,23)/t15-/m0/s1. The SMILES string of the molecule is O=C(O)N1CCC(Nc2ncc3ccc(=O)n([C@H]4CCCC45CC5)c3n2)CC1. The molecule has 3 fully saturated rings. The van der Waals surface area contributed by atoms with E-state index < -0.39 is 6.09 Å². The number of nitrogens with zero attached hydrogens (tertiary/aromatic N) is 4. The van der Waals surface area contributed by atoms with E-state index >= 15 is 0 Å². The summed E-state index contributed by atoms with van der Waals surface area (Å²) in [7, 11) is 0. The number of piperidine rings is 1. The van der Waals surface area contributed by atoms with Gasteiger partial charge < -0.3 is 15.3 Å². The Morgan fingerprint density at radius 1 is 1.18 bits per heavy atom. The Kier molecular flexibility index (Phi) is 4.03. The molecule has 1 amide bonds. The lowest BCUT2D eigenvalue weighted by Crippen LogP contribution is -2.41. The van der Waals surface area contributed by atoms with Gasteiger partial charge in [-0.15, -0.1) is 0 Å². The molecule has 0 bridgehead atoms. The minimum atomic E-state index is -0.866. The average Bonchev–Trinajstić information content (AvgIpc) is 3.35. The number of pyridine rings is 1. The molecule has 0 unspecified atom stereocenters. The highest BCUT2D eigenvalue weighted by molar-refractivity contribution is 5.75. The fraction of sp³-hybridized carbons (Fsp3) is 0.600. The second kappa shape index (κ2) is 6.46. The number of fused-ring (bicyclic) bond motifs is 1. The Hall–Kier alpha value is -2.64. The molecule has 2 N–H and O–H groups in total. The minimum absolute atomic E-state index is 0.0186. The summed E-state index contributed by atoms with van der Waals surface area (Å²) in [5.74, 6) is 0.517. The van der Waals surface area contributed by atoms with Crippen molar-refractivity contribution in [3.05, 3.63) is 28.7 Å². The van der Waals surface area contributed by atoms with Crippen molar-refractivity contribution in [2.24, 2.45) is 5.41 Å². The first-order valence-electron chi connectivity index (χ1n) is 10.2.